The molecule has 5 heteroatoms. The van der Waals surface area contributed by atoms with Gasteiger partial charge in [-0.1, -0.05) is 28.9 Å². The van der Waals surface area contributed by atoms with Crippen LogP contribution < -0.4 is 9.47 Å². The normalized spacial score (nSPS) is 13.5. The summed E-state index contributed by atoms with van der Waals surface area (Å²) in [6.45, 7) is 8.17. The molecule has 1 fully saturated rings. The zero-order valence-electron chi connectivity index (χ0n) is 19.3. The summed E-state index contributed by atoms with van der Waals surface area (Å²) < 4.78 is 11.9. The Morgan fingerprint density at radius 3 is 2.28 bits per heavy atom. The van der Waals surface area contributed by atoms with Gasteiger partial charge in [-0.15, -0.1) is 4.91 Å². The highest BCUT2D eigenvalue weighted by molar-refractivity contribution is 5.96. The highest BCUT2D eigenvalue weighted by atomic mass is 16.5. The second-order valence-electron chi connectivity index (χ2n) is 8.90. The summed E-state index contributed by atoms with van der Waals surface area (Å²) in [7, 11) is 1.59. The lowest BCUT2D eigenvalue weighted by atomic mass is 9.86. The van der Waals surface area contributed by atoms with Gasteiger partial charge in [-0.3, -0.25) is 0 Å². The second-order valence-corrected chi connectivity index (χ2v) is 8.90. The van der Waals surface area contributed by atoms with E-state index >= 15 is 0 Å². The number of nitroso groups, excluding NO2 is 1. The molecule has 5 nitrogen and oxygen atoms in total. The predicted octanol–water partition coefficient (Wildman–Crippen LogP) is 7.52. The fourth-order valence-corrected chi connectivity index (χ4v) is 4.13. The van der Waals surface area contributed by atoms with Crippen LogP contribution in [0.1, 0.15) is 62.8 Å². The third-order valence-corrected chi connectivity index (χ3v) is 5.84. The molecule has 0 radical (unpaired) electrons. The van der Waals surface area contributed by atoms with E-state index in [1.165, 1.54) is 16.7 Å². The number of ether oxygens (including phenoxy) is 2. The van der Waals surface area contributed by atoms with Gasteiger partial charge in [0.15, 0.2) is 0 Å². The molecule has 0 spiro atoms. The first kappa shape index (κ1) is 21.9. The van der Waals surface area contributed by atoms with E-state index in [1.54, 1.807) is 13.2 Å². The summed E-state index contributed by atoms with van der Waals surface area (Å²) in [5.74, 6) is 1.91. The summed E-state index contributed by atoms with van der Waals surface area (Å²) >= 11 is 0. The molecule has 1 aliphatic carbocycles. The first-order valence-corrected chi connectivity index (χ1v) is 10.9. The number of rotatable bonds is 6. The van der Waals surface area contributed by atoms with Crippen LogP contribution in [0.4, 0.5) is 5.69 Å². The maximum atomic E-state index is 11.4. The molecule has 1 heterocycles. The maximum absolute atomic E-state index is 11.4. The molecule has 1 aliphatic heterocycles. The summed E-state index contributed by atoms with van der Waals surface area (Å²) in [5.41, 5.74) is 8.39. The molecular weight excluding hydrogens is 402 g/mol. The SMILES string of the molecule is COc1cc2c(c(O)c1CC=C(C)C)C(=C1CC1)c1c(CC=C(C)C)cc(N=O)cc1O2. The number of benzene rings is 2. The number of hydrogen-bond acceptors (Lipinski definition) is 5. The number of hydrogen-bond donors (Lipinski definition) is 1. The summed E-state index contributed by atoms with van der Waals surface area (Å²) in [6, 6.07) is 5.35. The van der Waals surface area contributed by atoms with Crippen LogP contribution in [0.25, 0.3) is 5.57 Å². The fourth-order valence-electron chi connectivity index (χ4n) is 4.13. The van der Waals surface area contributed by atoms with Crippen LogP contribution in [0, 0.1) is 4.91 Å². The van der Waals surface area contributed by atoms with Gasteiger partial charge in [0, 0.05) is 23.3 Å². The Kier molecular flexibility index (Phi) is 5.92. The van der Waals surface area contributed by atoms with Crippen molar-refractivity contribution < 1.29 is 14.6 Å². The van der Waals surface area contributed by atoms with E-state index in [2.05, 4.69) is 17.3 Å². The zero-order valence-corrected chi connectivity index (χ0v) is 19.3. The minimum absolute atomic E-state index is 0.197. The molecule has 2 aliphatic rings. The number of allylic oxidation sites excluding steroid dienone is 5. The molecule has 0 amide bonds. The summed E-state index contributed by atoms with van der Waals surface area (Å²) in [6.07, 6.45) is 7.40. The summed E-state index contributed by atoms with van der Waals surface area (Å²) in [5, 5.41) is 14.6. The lowest BCUT2D eigenvalue weighted by Crippen LogP contribution is -2.08. The van der Waals surface area contributed by atoms with Gasteiger partial charge in [-0.05, 0) is 75.8 Å². The molecule has 1 N–H and O–H groups in total. The van der Waals surface area contributed by atoms with Gasteiger partial charge in [0.25, 0.3) is 0 Å². The second kappa shape index (κ2) is 8.65. The van der Waals surface area contributed by atoms with Crippen LogP contribution in [0.5, 0.6) is 23.0 Å². The van der Waals surface area contributed by atoms with Crippen molar-refractivity contribution in [2.45, 2.75) is 53.4 Å². The lowest BCUT2D eigenvalue weighted by Gasteiger charge is -2.28. The van der Waals surface area contributed by atoms with Crippen molar-refractivity contribution in [1.29, 1.82) is 0 Å². The Labute approximate surface area is 189 Å². The summed E-state index contributed by atoms with van der Waals surface area (Å²) in [4.78, 5) is 11.4. The number of aromatic hydroxyl groups is 1. The first-order chi connectivity index (χ1) is 15.3. The molecular formula is C27H29NO4. The van der Waals surface area contributed by atoms with Gasteiger partial charge in [-0.25, -0.2) is 0 Å². The number of phenols is 1. The van der Waals surface area contributed by atoms with E-state index in [0.717, 1.165) is 35.1 Å². The van der Waals surface area contributed by atoms with E-state index in [4.69, 9.17) is 9.47 Å². The van der Waals surface area contributed by atoms with Crippen molar-refractivity contribution in [3.05, 3.63) is 74.2 Å². The van der Waals surface area contributed by atoms with Crippen molar-refractivity contribution >= 4 is 11.3 Å². The minimum Gasteiger partial charge on any atom is -0.507 e. The monoisotopic (exact) mass is 431 g/mol. The Bertz CT molecular complexity index is 1190. The third kappa shape index (κ3) is 4.07. The predicted molar refractivity (Wildman–Crippen MR) is 128 cm³/mol. The average Bonchev–Trinajstić information content (AvgIpc) is 3.59. The number of fused-ring (bicyclic) bond motifs is 2. The average molecular weight is 432 g/mol. The number of nitrogens with zero attached hydrogens (tertiary/aromatic N) is 1. The highest BCUT2D eigenvalue weighted by Gasteiger charge is 2.35. The third-order valence-electron chi connectivity index (χ3n) is 5.84. The van der Waals surface area contributed by atoms with Crippen molar-refractivity contribution in [3.63, 3.8) is 0 Å². The van der Waals surface area contributed by atoms with Crippen LogP contribution >= 0.6 is 0 Å². The molecule has 0 saturated heterocycles. The van der Waals surface area contributed by atoms with E-state index in [1.807, 2.05) is 39.8 Å². The Morgan fingerprint density at radius 2 is 1.69 bits per heavy atom. The minimum atomic E-state index is 0.197. The van der Waals surface area contributed by atoms with Gasteiger partial charge < -0.3 is 14.6 Å². The van der Waals surface area contributed by atoms with Crippen molar-refractivity contribution in [1.82, 2.24) is 0 Å². The van der Waals surface area contributed by atoms with E-state index < -0.39 is 0 Å². The van der Waals surface area contributed by atoms with E-state index in [0.29, 0.717) is 41.3 Å². The van der Waals surface area contributed by atoms with Crippen LogP contribution in [0.2, 0.25) is 0 Å². The first-order valence-electron chi connectivity index (χ1n) is 10.9. The van der Waals surface area contributed by atoms with Crippen LogP contribution in [-0.4, -0.2) is 12.2 Å². The number of phenolic OH excluding ortho intramolecular Hbond substituents is 1. The van der Waals surface area contributed by atoms with Gasteiger partial charge in [0.05, 0.1) is 12.7 Å². The van der Waals surface area contributed by atoms with Crippen molar-refractivity contribution in [2.75, 3.05) is 7.11 Å². The zero-order chi connectivity index (χ0) is 23.0. The molecule has 0 aromatic heterocycles. The van der Waals surface area contributed by atoms with Crippen molar-refractivity contribution in [3.8, 4) is 23.0 Å². The van der Waals surface area contributed by atoms with Gasteiger partial charge in [-0.2, -0.15) is 0 Å². The van der Waals surface area contributed by atoms with Crippen molar-refractivity contribution in [2.24, 2.45) is 5.18 Å². The van der Waals surface area contributed by atoms with Gasteiger partial charge in [0.1, 0.15) is 28.7 Å². The van der Waals surface area contributed by atoms with Gasteiger partial charge in [0.2, 0.25) is 0 Å². The topological polar surface area (TPSA) is 68.1 Å². The Morgan fingerprint density at radius 1 is 1.03 bits per heavy atom. The smallest absolute Gasteiger partial charge is 0.142 e. The number of methoxy groups -OCH3 is 1. The molecule has 0 atom stereocenters. The van der Waals surface area contributed by atoms with E-state index in [9.17, 15) is 10.0 Å². The standard InChI is InChI=1S/C27H29NO4/c1-15(2)6-8-18-12-19(28-30)13-22-24(18)25(17-9-10-17)26-23(32-22)14-21(31-5)20(27(26)29)11-7-16(3)4/h6-7,12-14,29H,8-11H2,1-5H3. The fraction of sp³-hybridized carbons (Fsp3) is 0.333. The molecule has 32 heavy (non-hydrogen) atoms. The Hall–Kier alpha value is -3.34. The largest absolute Gasteiger partial charge is 0.507 e. The van der Waals surface area contributed by atoms with Crippen LogP contribution in [-0.2, 0) is 12.8 Å². The molecule has 0 unspecified atom stereocenters. The quantitative estimate of drug-likeness (QED) is 0.324. The molecule has 2 aromatic carbocycles. The molecule has 1 saturated carbocycles. The lowest BCUT2D eigenvalue weighted by molar-refractivity contribution is 0.391. The Balaban J connectivity index is 1.97. The molecule has 0 bridgehead atoms. The van der Waals surface area contributed by atoms with Gasteiger partial charge >= 0.3 is 0 Å². The maximum Gasteiger partial charge on any atom is 0.142 e. The molecule has 2 aromatic rings. The van der Waals surface area contributed by atoms with Crippen LogP contribution in [0.3, 0.4) is 0 Å². The highest BCUT2D eigenvalue weighted by Crippen LogP contribution is 2.56. The van der Waals surface area contributed by atoms with E-state index in [-0.39, 0.29) is 5.75 Å². The van der Waals surface area contributed by atoms with Crippen LogP contribution in [0.15, 0.2) is 52.2 Å². The molecule has 4 rings (SSSR count). The molecule has 166 valence electrons.